The highest BCUT2D eigenvalue weighted by Crippen LogP contribution is 2.26. The Bertz CT molecular complexity index is 872. The molecule has 0 aliphatic carbocycles. The molecule has 0 bridgehead atoms. The Labute approximate surface area is 164 Å². The Morgan fingerprint density at radius 3 is 2.27 bits per heavy atom. The summed E-state index contributed by atoms with van der Waals surface area (Å²) < 4.78 is 25.1. The maximum absolute atomic E-state index is 12.2. The van der Waals surface area contributed by atoms with E-state index in [9.17, 15) is 13.2 Å². The number of aryl methyl sites for hydroxylation is 1. The van der Waals surface area contributed by atoms with Crippen LogP contribution in [0, 0.1) is 0 Å². The fraction of sp³-hybridized carbons (Fsp3) is 0.278. The molecule has 0 saturated heterocycles. The van der Waals surface area contributed by atoms with Crippen molar-refractivity contribution in [3.05, 3.63) is 64.1 Å². The molecule has 26 heavy (non-hydrogen) atoms. The topological polar surface area (TPSA) is 66.5 Å². The zero-order valence-corrected chi connectivity index (χ0v) is 16.6. The number of carbonyl (C=O) groups excluding carboxylic acids is 1. The van der Waals surface area contributed by atoms with Crippen molar-refractivity contribution in [3.63, 3.8) is 0 Å². The number of hydrogen-bond donors (Lipinski definition) is 1. The van der Waals surface area contributed by atoms with Crippen molar-refractivity contribution in [1.82, 2.24) is 5.32 Å². The monoisotopic (exact) mass is 414 g/mol. The second-order valence-electron chi connectivity index (χ2n) is 5.77. The Morgan fingerprint density at radius 1 is 1.04 bits per heavy atom. The van der Waals surface area contributed by atoms with Crippen LogP contribution in [-0.2, 0) is 21.2 Å². The molecule has 2 aromatic rings. The number of para-hydroxylation sites is 1. The van der Waals surface area contributed by atoms with Gasteiger partial charge in [0.1, 0.15) is 6.54 Å². The van der Waals surface area contributed by atoms with Gasteiger partial charge in [0.15, 0.2) is 0 Å². The molecular weight excluding hydrogens is 395 g/mol. The SMILES string of the molecule is CS(=O)(=O)N(CC(=O)NCCCc1ccccc1Cl)c1ccccc1Cl. The minimum Gasteiger partial charge on any atom is -0.355 e. The molecule has 1 amide bonds. The second-order valence-corrected chi connectivity index (χ2v) is 8.49. The van der Waals surface area contributed by atoms with Crippen LogP contribution < -0.4 is 9.62 Å². The third-order valence-electron chi connectivity index (χ3n) is 3.71. The van der Waals surface area contributed by atoms with Gasteiger partial charge in [0.05, 0.1) is 17.0 Å². The lowest BCUT2D eigenvalue weighted by Crippen LogP contribution is -2.40. The van der Waals surface area contributed by atoms with Gasteiger partial charge in [-0.3, -0.25) is 9.10 Å². The molecule has 0 radical (unpaired) electrons. The minimum absolute atomic E-state index is 0.268. The number of benzene rings is 2. The summed E-state index contributed by atoms with van der Waals surface area (Å²) in [5.74, 6) is -0.394. The van der Waals surface area contributed by atoms with Crippen molar-refractivity contribution < 1.29 is 13.2 Å². The molecule has 5 nitrogen and oxygen atoms in total. The van der Waals surface area contributed by atoms with E-state index in [-0.39, 0.29) is 17.3 Å². The zero-order chi connectivity index (χ0) is 19.2. The van der Waals surface area contributed by atoms with Crippen LogP contribution in [-0.4, -0.2) is 33.7 Å². The first-order valence-electron chi connectivity index (χ1n) is 8.01. The summed E-state index contributed by atoms with van der Waals surface area (Å²) in [6.07, 6.45) is 2.46. The largest absolute Gasteiger partial charge is 0.355 e. The van der Waals surface area contributed by atoms with Gasteiger partial charge in [-0.25, -0.2) is 8.42 Å². The summed E-state index contributed by atoms with van der Waals surface area (Å²) >= 11 is 12.2. The van der Waals surface area contributed by atoms with Gasteiger partial charge < -0.3 is 5.32 Å². The van der Waals surface area contributed by atoms with E-state index in [0.29, 0.717) is 18.0 Å². The number of nitrogens with zero attached hydrogens (tertiary/aromatic N) is 1. The first kappa shape index (κ1) is 20.6. The molecule has 8 heteroatoms. The van der Waals surface area contributed by atoms with E-state index in [1.54, 1.807) is 24.3 Å². The van der Waals surface area contributed by atoms with E-state index in [2.05, 4.69) is 5.32 Å². The number of hydrogen-bond acceptors (Lipinski definition) is 3. The molecule has 0 atom stereocenters. The van der Waals surface area contributed by atoms with Crippen LogP contribution in [0.25, 0.3) is 0 Å². The molecule has 0 aliphatic heterocycles. The number of carbonyl (C=O) groups is 1. The molecule has 140 valence electrons. The summed E-state index contributed by atoms with van der Waals surface area (Å²) in [5, 5.41) is 3.70. The van der Waals surface area contributed by atoms with Gasteiger partial charge in [0, 0.05) is 11.6 Å². The molecule has 0 aromatic heterocycles. The van der Waals surface area contributed by atoms with Gasteiger partial charge in [-0.05, 0) is 36.6 Å². The van der Waals surface area contributed by atoms with Crippen LogP contribution in [0.1, 0.15) is 12.0 Å². The van der Waals surface area contributed by atoms with Gasteiger partial charge >= 0.3 is 0 Å². The molecule has 0 spiro atoms. The normalized spacial score (nSPS) is 11.2. The lowest BCUT2D eigenvalue weighted by atomic mass is 10.1. The van der Waals surface area contributed by atoms with E-state index in [4.69, 9.17) is 23.2 Å². The molecule has 0 aliphatic rings. The van der Waals surface area contributed by atoms with E-state index in [1.807, 2.05) is 24.3 Å². The van der Waals surface area contributed by atoms with Gasteiger partial charge in [-0.2, -0.15) is 0 Å². The van der Waals surface area contributed by atoms with Crippen molar-refractivity contribution in [2.24, 2.45) is 0 Å². The van der Waals surface area contributed by atoms with Crippen LogP contribution in [0.2, 0.25) is 10.0 Å². The van der Waals surface area contributed by atoms with Crippen molar-refractivity contribution >= 4 is 44.8 Å². The zero-order valence-electron chi connectivity index (χ0n) is 14.3. The number of nitrogens with one attached hydrogen (secondary N) is 1. The van der Waals surface area contributed by atoms with E-state index >= 15 is 0 Å². The van der Waals surface area contributed by atoms with E-state index in [0.717, 1.165) is 22.5 Å². The van der Waals surface area contributed by atoms with Gasteiger partial charge in [0.2, 0.25) is 15.9 Å². The molecule has 2 rings (SSSR count). The maximum atomic E-state index is 12.2. The van der Waals surface area contributed by atoms with Crippen molar-refractivity contribution in [1.29, 1.82) is 0 Å². The summed E-state index contributed by atoms with van der Waals surface area (Å²) in [6.45, 7) is 0.0961. The summed E-state index contributed by atoms with van der Waals surface area (Å²) in [7, 11) is -3.64. The van der Waals surface area contributed by atoms with E-state index in [1.165, 1.54) is 0 Å². The number of amides is 1. The van der Waals surface area contributed by atoms with Crippen molar-refractivity contribution in [2.45, 2.75) is 12.8 Å². The molecule has 0 saturated carbocycles. The number of anilines is 1. The predicted octanol–water partition coefficient (Wildman–Crippen LogP) is 3.51. The minimum atomic E-state index is -3.64. The summed E-state index contributed by atoms with van der Waals surface area (Å²) in [5.41, 5.74) is 1.29. The third-order valence-corrected chi connectivity index (χ3v) is 5.53. The van der Waals surface area contributed by atoms with Crippen LogP contribution in [0.4, 0.5) is 5.69 Å². The van der Waals surface area contributed by atoms with Gasteiger partial charge in [-0.1, -0.05) is 53.5 Å². The molecule has 1 N–H and O–H groups in total. The number of halogens is 2. The standard InChI is InChI=1S/C18H20Cl2N2O3S/c1-26(24,25)22(17-11-5-4-10-16(17)20)13-18(23)21-12-6-8-14-7-2-3-9-15(14)19/h2-5,7,9-11H,6,8,12-13H2,1H3,(H,21,23). The molecule has 0 heterocycles. The molecule has 0 fully saturated rings. The Balaban J connectivity index is 1.92. The quantitative estimate of drug-likeness (QED) is 0.671. The average Bonchev–Trinajstić information content (AvgIpc) is 2.58. The van der Waals surface area contributed by atoms with Crippen LogP contribution in [0.15, 0.2) is 48.5 Å². The number of rotatable bonds is 8. The van der Waals surface area contributed by atoms with Gasteiger partial charge in [-0.15, -0.1) is 0 Å². The van der Waals surface area contributed by atoms with Crippen molar-refractivity contribution in [2.75, 3.05) is 23.7 Å². The highest BCUT2D eigenvalue weighted by Gasteiger charge is 2.22. The number of sulfonamides is 1. The van der Waals surface area contributed by atoms with Crippen molar-refractivity contribution in [3.8, 4) is 0 Å². The average molecular weight is 415 g/mol. The second kappa shape index (κ2) is 9.26. The highest BCUT2D eigenvalue weighted by molar-refractivity contribution is 7.92. The maximum Gasteiger partial charge on any atom is 0.240 e. The first-order chi connectivity index (χ1) is 12.3. The smallest absolute Gasteiger partial charge is 0.240 e. The molecular formula is C18H20Cl2N2O3S. The third kappa shape index (κ3) is 5.90. The van der Waals surface area contributed by atoms with E-state index < -0.39 is 15.9 Å². The van der Waals surface area contributed by atoms with Crippen LogP contribution in [0.3, 0.4) is 0 Å². The fourth-order valence-corrected chi connectivity index (χ4v) is 3.82. The summed E-state index contributed by atoms with van der Waals surface area (Å²) in [4.78, 5) is 12.2. The van der Waals surface area contributed by atoms with Crippen LogP contribution >= 0.6 is 23.2 Å². The lowest BCUT2D eigenvalue weighted by Gasteiger charge is -2.22. The first-order valence-corrected chi connectivity index (χ1v) is 10.6. The Kier molecular flexibility index (Phi) is 7.32. The van der Waals surface area contributed by atoms with Crippen LogP contribution in [0.5, 0.6) is 0 Å². The fourth-order valence-electron chi connectivity index (χ4n) is 2.43. The van der Waals surface area contributed by atoms with Gasteiger partial charge in [0.25, 0.3) is 0 Å². The Hall–Kier alpha value is -1.76. The molecule has 2 aromatic carbocycles. The summed E-state index contributed by atoms with van der Waals surface area (Å²) in [6, 6.07) is 14.0. The lowest BCUT2D eigenvalue weighted by molar-refractivity contribution is -0.119. The predicted molar refractivity (Wildman–Crippen MR) is 106 cm³/mol. The Morgan fingerprint density at radius 2 is 1.65 bits per heavy atom. The molecule has 0 unspecified atom stereocenters. The highest BCUT2D eigenvalue weighted by atomic mass is 35.5.